The molecule has 1 N–H and O–H groups in total. The summed E-state index contributed by atoms with van der Waals surface area (Å²) in [6.07, 6.45) is 3.65. The van der Waals surface area contributed by atoms with E-state index in [9.17, 15) is 0 Å². The van der Waals surface area contributed by atoms with E-state index in [0.717, 1.165) is 6.42 Å². The molecule has 6 nitrogen and oxygen atoms in total. The maximum Gasteiger partial charge on any atom is 0.324 e. The van der Waals surface area contributed by atoms with Gasteiger partial charge in [-0.15, -0.1) is 4.98 Å². The van der Waals surface area contributed by atoms with Gasteiger partial charge in [0.1, 0.15) is 0 Å². The fourth-order valence-corrected chi connectivity index (χ4v) is 2.11. The molecule has 0 aromatic carbocycles. The molecule has 0 radical (unpaired) electrons. The molecule has 0 amide bonds. The zero-order valence-corrected chi connectivity index (χ0v) is 10.4. The summed E-state index contributed by atoms with van der Waals surface area (Å²) in [5.41, 5.74) is 0. The highest BCUT2D eigenvalue weighted by Crippen LogP contribution is 2.27. The highest BCUT2D eigenvalue weighted by molar-refractivity contribution is 5.29. The Kier molecular flexibility index (Phi) is 3.61. The van der Waals surface area contributed by atoms with Crippen LogP contribution in [0.3, 0.4) is 0 Å². The van der Waals surface area contributed by atoms with E-state index in [4.69, 9.17) is 9.47 Å². The number of anilines is 1. The molecule has 0 bridgehead atoms. The fourth-order valence-electron chi connectivity index (χ4n) is 2.11. The van der Waals surface area contributed by atoms with Gasteiger partial charge in [0.05, 0.1) is 14.2 Å². The molecule has 94 valence electrons. The van der Waals surface area contributed by atoms with E-state index in [1.807, 2.05) is 0 Å². The SMILES string of the molecule is COc1nc(NC2CCCC2C)nc(OC)n1. The molecular formula is C11H18N4O2. The zero-order chi connectivity index (χ0) is 12.3. The minimum absolute atomic E-state index is 0.269. The van der Waals surface area contributed by atoms with Crippen LogP contribution in [-0.4, -0.2) is 35.2 Å². The summed E-state index contributed by atoms with van der Waals surface area (Å²) in [4.78, 5) is 12.3. The van der Waals surface area contributed by atoms with Gasteiger partial charge in [0.15, 0.2) is 0 Å². The monoisotopic (exact) mass is 238 g/mol. The summed E-state index contributed by atoms with van der Waals surface area (Å²) in [5, 5.41) is 3.32. The molecule has 2 atom stereocenters. The van der Waals surface area contributed by atoms with Gasteiger partial charge in [-0.25, -0.2) is 0 Å². The average molecular weight is 238 g/mol. The smallest absolute Gasteiger partial charge is 0.324 e. The molecule has 6 heteroatoms. The third kappa shape index (κ3) is 2.75. The summed E-state index contributed by atoms with van der Waals surface area (Å²) >= 11 is 0. The molecule has 0 aliphatic heterocycles. The number of hydrogen-bond donors (Lipinski definition) is 1. The first-order valence-electron chi connectivity index (χ1n) is 5.83. The Labute approximate surface area is 101 Å². The van der Waals surface area contributed by atoms with E-state index in [2.05, 4.69) is 27.2 Å². The second kappa shape index (κ2) is 5.16. The Morgan fingerprint density at radius 3 is 2.18 bits per heavy atom. The maximum atomic E-state index is 5.01. The predicted octanol–water partition coefficient (Wildman–Crippen LogP) is 1.49. The van der Waals surface area contributed by atoms with Gasteiger partial charge in [0.25, 0.3) is 0 Å². The first-order chi connectivity index (χ1) is 8.22. The van der Waals surface area contributed by atoms with Crippen molar-refractivity contribution < 1.29 is 9.47 Å². The fraction of sp³-hybridized carbons (Fsp3) is 0.727. The molecule has 1 fully saturated rings. The molecule has 1 aromatic rings. The van der Waals surface area contributed by atoms with Crippen molar-refractivity contribution in [3.8, 4) is 12.0 Å². The molecule has 17 heavy (non-hydrogen) atoms. The van der Waals surface area contributed by atoms with Crippen LogP contribution in [0.2, 0.25) is 0 Å². The zero-order valence-electron chi connectivity index (χ0n) is 10.4. The van der Waals surface area contributed by atoms with Crippen LogP contribution in [0.4, 0.5) is 5.95 Å². The third-order valence-electron chi connectivity index (χ3n) is 3.14. The number of ether oxygens (including phenoxy) is 2. The molecule has 1 heterocycles. The first kappa shape index (κ1) is 11.9. The second-order valence-corrected chi connectivity index (χ2v) is 4.29. The lowest BCUT2D eigenvalue weighted by atomic mass is 10.1. The molecule has 1 aliphatic rings. The molecule has 0 saturated heterocycles. The molecular weight excluding hydrogens is 220 g/mol. The lowest BCUT2D eigenvalue weighted by Crippen LogP contribution is -2.23. The van der Waals surface area contributed by atoms with E-state index in [0.29, 0.717) is 17.9 Å². The third-order valence-corrected chi connectivity index (χ3v) is 3.14. The minimum atomic E-state index is 0.269. The van der Waals surface area contributed by atoms with Gasteiger partial charge in [-0.05, 0) is 18.8 Å². The van der Waals surface area contributed by atoms with E-state index in [-0.39, 0.29) is 12.0 Å². The standard InChI is InChI=1S/C11H18N4O2/c1-7-5-4-6-8(7)12-9-13-10(16-2)15-11(14-9)17-3/h7-8H,4-6H2,1-3H3,(H,12,13,14,15). The van der Waals surface area contributed by atoms with Crippen LogP contribution in [0.25, 0.3) is 0 Å². The lowest BCUT2D eigenvalue weighted by Gasteiger charge is -2.17. The van der Waals surface area contributed by atoms with Crippen molar-refractivity contribution in [3.63, 3.8) is 0 Å². The number of nitrogens with one attached hydrogen (secondary N) is 1. The van der Waals surface area contributed by atoms with Crippen molar-refractivity contribution in [3.05, 3.63) is 0 Å². The van der Waals surface area contributed by atoms with E-state index < -0.39 is 0 Å². The Balaban J connectivity index is 2.14. The number of nitrogens with zero attached hydrogens (tertiary/aromatic N) is 3. The number of aromatic nitrogens is 3. The highest BCUT2D eigenvalue weighted by atomic mass is 16.5. The second-order valence-electron chi connectivity index (χ2n) is 4.29. The number of rotatable bonds is 4. The number of methoxy groups -OCH3 is 2. The highest BCUT2D eigenvalue weighted by Gasteiger charge is 2.24. The van der Waals surface area contributed by atoms with E-state index >= 15 is 0 Å². The van der Waals surface area contributed by atoms with Gasteiger partial charge in [-0.2, -0.15) is 9.97 Å². The first-order valence-corrected chi connectivity index (χ1v) is 5.83. The summed E-state index contributed by atoms with van der Waals surface area (Å²) in [7, 11) is 3.05. The van der Waals surface area contributed by atoms with Gasteiger partial charge >= 0.3 is 12.0 Å². The molecule has 2 rings (SSSR count). The minimum Gasteiger partial charge on any atom is -0.467 e. The van der Waals surface area contributed by atoms with Crippen molar-refractivity contribution >= 4 is 5.95 Å². The van der Waals surface area contributed by atoms with Crippen molar-refractivity contribution in [1.29, 1.82) is 0 Å². The average Bonchev–Trinajstić information content (AvgIpc) is 2.74. The molecule has 1 aliphatic carbocycles. The molecule has 1 aromatic heterocycles. The summed E-state index contributed by atoms with van der Waals surface area (Å²) in [5.74, 6) is 1.16. The van der Waals surface area contributed by atoms with Crippen LogP contribution in [0.5, 0.6) is 12.0 Å². The normalized spacial score (nSPS) is 23.5. The van der Waals surface area contributed by atoms with Crippen molar-refractivity contribution in [2.24, 2.45) is 5.92 Å². The molecule has 1 saturated carbocycles. The summed E-state index contributed by atoms with van der Waals surface area (Å²) in [6, 6.07) is 0.960. The van der Waals surface area contributed by atoms with Crippen LogP contribution < -0.4 is 14.8 Å². The van der Waals surface area contributed by atoms with Crippen molar-refractivity contribution in [1.82, 2.24) is 15.0 Å². The largest absolute Gasteiger partial charge is 0.467 e. The van der Waals surface area contributed by atoms with Gasteiger partial charge in [0, 0.05) is 6.04 Å². The molecule has 2 unspecified atom stereocenters. The van der Waals surface area contributed by atoms with Crippen molar-refractivity contribution in [2.75, 3.05) is 19.5 Å². The Hall–Kier alpha value is -1.59. The van der Waals surface area contributed by atoms with E-state index in [1.54, 1.807) is 0 Å². The summed E-state index contributed by atoms with van der Waals surface area (Å²) < 4.78 is 10.0. The Bertz CT molecular complexity index is 363. The van der Waals surface area contributed by atoms with E-state index in [1.165, 1.54) is 27.1 Å². The topological polar surface area (TPSA) is 69.2 Å². The van der Waals surface area contributed by atoms with Gasteiger partial charge in [0.2, 0.25) is 5.95 Å². The van der Waals surface area contributed by atoms with Crippen LogP contribution in [-0.2, 0) is 0 Å². The van der Waals surface area contributed by atoms with Crippen LogP contribution in [0.15, 0.2) is 0 Å². The Morgan fingerprint density at radius 2 is 1.71 bits per heavy atom. The predicted molar refractivity (Wildman–Crippen MR) is 63.4 cm³/mol. The molecule has 0 spiro atoms. The summed E-state index contributed by atoms with van der Waals surface area (Å²) in [6.45, 7) is 2.24. The van der Waals surface area contributed by atoms with Crippen molar-refractivity contribution in [2.45, 2.75) is 32.2 Å². The van der Waals surface area contributed by atoms with Crippen LogP contribution in [0, 0.1) is 5.92 Å². The maximum absolute atomic E-state index is 5.01. The van der Waals surface area contributed by atoms with Gasteiger partial charge in [-0.1, -0.05) is 13.3 Å². The quantitative estimate of drug-likeness (QED) is 0.857. The van der Waals surface area contributed by atoms with Crippen LogP contribution >= 0.6 is 0 Å². The van der Waals surface area contributed by atoms with Gasteiger partial charge < -0.3 is 14.8 Å². The lowest BCUT2D eigenvalue weighted by molar-refractivity contribution is 0.340. The number of hydrogen-bond acceptors (Lipinski definition) is 6. The van der Waals surface area contributed by atoms with Gasteiger partial charge in [-0.3, -0.25) is 0 Å². The Morgan fingerprint density at radius 1 is 1.06 bits per heavy atom. The van der Waals surface area contributed by atoms with Crippen LogP contribution in [0.1, 0.15) is 26.2 Å².